The van der Waals surface area contributed by atoms with Gasteiger partial charge in [-0.15, -0.1) is 0 Å². The Hall–Kier alpha value is -3.56. The molecule has 676 valence electrons. The standard InChI is InChI=1S/2C40H49ClN2O5S.6ClH.6H2N.H2O2.3H2O.3Pt/c2*1-39(2)31-17-7-9-19-33(31)42(26-11-5-6-21-37(44)45)35(39)24-22-29-15-14-16-30(38(29)41)23-25-36-40(3,4)32-18-8-10-20-34(32)43(36)27-12-13-28-49(46,47)48;;;;;;;;;;;;;1-2;;;;;;/h2*7-10,17-20,22-25H,5-6,11-16,21,26-28H2,1-4H3,(H-,44,45,46,47,48);6*1H;6*1H2;1-2H;3*1H2;;;/q;;;;;;;;6*-1;;;;;3*+4/p-6. The van der Waals surface area contributed by atoms with Gasteiger partial charge in [0.1, 0.15) is 13.1 Å². The van der Waals surface area contributed by atoms with Crippen molar-refractivity contribution in [3.05, 3.63) is 249 Å². The van der Waals surface area contributed by atoms with Crippen LogP contribution in [0.25, 0.3) is 36.9 Å². The van der Waals surface area contributed by atoms with E-state index in [9.17, 15) is 35.5 Å². The molecule has 10 rings (SSSR count). The van der Waals surface area contributed by atoms with Crippen molar-refractivity contribution < 1.29 is 131 Å². The minimum absolute atomic E-state index is 0. The van der Waals surface area contributed by atoms with Crippen molar-refractivity contribution in [2.75, 3.05) is 47.5 Å². The van der Waals surface area contributed by atoms with Crippen LogP contribution < -0.4 is 9.80 Å². The maximum absolute atomic E-state index is 11.2. The number of carboxylic acid groups (broad SMARTS) is 2. The number of allylic oxidation sites excluding steroid dienone is 16. The fourth-order valence-electron chi connectivity index (χ4n) is 15.2. The minimum atomic E-state index is -4.24. The smallest absolute Gasteiger partial charge is 0.693 e. The molecule has 22 N–H and O–H groups in total. The van der Waals surface area contributed by atoms with Crippen LogP contribution in [0.5, 0.6) is 0 Å². The molecule has 0 radical (unpaired) electrons. The minimum Gasteiger partial charge on any atom is -0.693 e. The van der Waals surface area contributed by atoms with Crippen LogP contribution in [0.3, 0.4) is 0 Å². The Morgan fingerprint density at radius 1 is 0.432 bits per heavy atom. The van der Waals surface area contributed by atoms with Gasteiger partial charge in [-0.2, -0.15) is 9.15 Å². The van der Waals surface area contributed by atoms with Crippen LogP contribution in [0.4, 0.5) is 22.7 Å². The van der Waals surface area contributed by atoms with Gasteiger partial charge < -0.3 is 82.5 Å². The Morgan fingerprint density at radius 2 is 0.729 bits per heavy atom. The summed E-state index contributed by atoms with van der Waals surface area (Å²) in [5.41, 5.74) is 17.8. The molecule has 4 heterocycles. The number of anilines is 2. The number of para-hydroxylation sites is 4. The molecule has 0 bridgehead atoms. The third kappa shape index (κ3) is 34.8. The summed E-state index contributed by atoms with van der Waals surface area (Å²) >= 11 is 12.9. The molecule has 4 aliphatic heterocycles. The van der Waals surface area contributed by atoms with E-state index >= 15 is 0 Å². The number of fused-ring (bicyclic) bond motifs is 4. The molecule has 6 aliphatic rings. The van der Waals surface area contributed by atoms with Gasteiger partial charge in [-0.1, -0.05) is 148 Å². The fraction of sp³-hybridized carbons (Fsp3) is 0.450. The number of aliphatic carboxylic acids is 2. The molecule has 0 aromatic heterocycles. The number of carboxylic acids is 2. The molecular weight excluding hydrogens is 2270 g/mol. The van der Waals surface area contributed by atoms with Crippen molar-refractivity contribution in [2.24, 2.45) is 0 Å². The second-order valence-electron chi connectivity index (χ2n) is 29.0. The molecule has 0 unspecified atom stereocenters. The molecule has 0 fully saturated rings. The number of halogens is 8. The molecule has 25 nitrogen and oxygen atoms in total. The van der Waals surface area contributed by atoms with Crippen molar-refractivity contribution in [1.82, 2.24) is 0 Å². The first-order valence-electron chi connectivity index (χ1n) is 35.9. The summed E-state index contributed by atoms with van der Waals surface area (Å²) in [4.78, 5) is 26.5. The summed E-state index contributed by atoms with van der Waals surface area (Å²) in [6.45, 7) is 20.8. The maximum Gasteiger partial charge on any atom is -0.693 e. The quantitative estimate of drug-likeness (QED) is 0.0135. The first-order chi connectivity index (χ1) is 51.7. The van der Waals surface area contributed by atoms with E-state index < -0.39 is 81.6 Å². The molecule has 38 heteroatoms. The largest absolute Gasteiger partial charge is 0.693 e. The molecule has 118 heavy (non-hydrogen) atoms. The molecule has 4 aromatic carbocycles. The van der Waals surface area contributed by atoms with Crippen molar-refractivity contribution in [1.29, 1.82) is 0 Å². The van der Waals surface area contributed by atoms with Gasteiger partial charge in [-0.25, -0.2) is 16.8 Å². The maximum atomic E-state index is 11.2. The van der Waals surface area contributed by atoms with Gasteiger partial charge in [-0.3, -0.25) is 20.1 Å². The van der Waals surface area contributed by atoms with Gasteiger partial charge >= 0.3 is 118 Å². The normalized spacial score (nSPS) is 17.4. The number of hydrogen-bond donors (Lipinski definition) is 4. The Morgan fingerprint density at radius 3 is 1.03 bits per heavy atom. The number of nitrogens with two attached hydrogens (primary N) is 6. The average molecular weight is 2390 g/mol. The number of nitrogens with zero attached hydrogens (tertiary/aromatic N) is 4. The SMILES string of the molecule is CC1(C)C(=CC=C2CCCC(C=CC3=[N+](CCCCCC(=O)O)c4ccccc4C3(C)C)=C2Cl)N(CCCCS(=O)(=O)[O-])c2ccccc21.CC1(C)C(=CC=C2CCCC(C=CC3=[N+](CCCCCC(=O)O)c4ccccc4C3(C)C)=C2Cl)N(CCCCS(=O)(=O)[O-])c2ccccc21.O.O.O.OO.[Cl][Pt+2][Cl].[Cl][Pt+2][Cl].[Cl][Pt+2][Cl].[NH2-].[NH2-].[NH2-].[NH2-].[NH2-].[NH2-]. The van der Waals surface area contributed by atoms with E-state index in [1.807, 2.05) is 24.3 Å². The fourth-order valence-corrected chi connectivity index (χ4v) is 17.0. The van der Waals surface area contributed by atoms with Crippen molar-refractivity contribution >= 4 is 146 Å². The molecule has 0 atom stereocenters. The molecule has 2 aliphatic carbocycles. The number of benzene rings is 4. The summed E-state index contributed by atoms with van der Waals surface area (Å²) in [5, 5.41) is 31.7. The summed E-state index contributed by atoms with van der Waals surface area (Å²) in [6, 6.07) is 33.7. The Kier molecular flexibility index (Phi) is 61.9. The van der Waals surface area contributed by atoms with Crippen molar-refractivity contribution in [3.63, 3.8) is 0 Å². The average Bonchev–Trinajstić information content (AvgIpc) is 1.62. The third-order valence-electron chi connectivity index (χ3n) is 20.5. The van der Waals surface area contributed by atoms with E-state index in [0.29, 0.717) is 51.6 Å². The summed E-state index contributed by atoms with van der Waals surface area (Å²) in [7, 11) is 20.8. The van der Waals surface area contributed by atoms with Gasteiger partial charge in [0.25, 0.3) is 0 Å². The predicted octanol–water partition coefficient (Wildman–Crippen LogP) is 23.7. The summed E-state index contributed by atoms with van der Waals surface area (Å²) in [6.07, 6.45) is 30.2. The van der Waals surface area contributed by atoms with E-state index in [1.54, 1.807) is 0 Å². The molecular formula is C80H118Cl8N10O15Pt3S2. The van der Waals surface area contributed by atoms with E-state index in [0.717, 1.165) is 132 Å². The zero-order chi connectivity index (χ0) is 80.9. The van der Waals surface area contributed by atoms with Crippen LogP contribution in [0, 0.1) is 0 Å². The number of unbranched alkanes of at least 4 members (excludes halogenated alkanes) is 6. The van der Waals surface area contributed by atoms with E-state index in [-0.39, 0.29) is 99.3 Å². The zero-order valence-corrected chi connectivity index (χ0v) is 81.9. The second-order valence-corrected chi connectivity index (χ2v) is 42.6. The van der Waals surface area contributed by atoms with Gasteiger partial charge in [0, 0.05) is 129 Å². The third-order valence-corrected chi connectivity index (χ3v) is 23.0. The van der Waals surface area contributed by atoms with Crippen LogP contribution >= 0.6 is 79.7 Å². The number of hydrogen-bond acceptors (Lipinski definition) is 12. The molecule has 0 saturated heterocycles. The summed E-state index contributed by atoms with van der Waals surface area (Å²) < 4.78 is 72.0. The van der Waals surface area contributed by atoms with Crippen molar-refractivity contribution in [3.8, 4) is 0 Å². The summed E-state index contributed by atoms with van der Waals surface area (Å²) in [5.74, 6) is -2.19. The van der Waals surface area contributed by atoms with Crippen LogP contribution in [-0.4, -0.2) is 133 Å². The molecule has 0 amide bonds. The van der Waals surface area contributed by atoms with E-state index in [2.05, 4.69) is 196 Å². The Bertz CT molecular complexity index is 4110. The first kappa shape index (κ1) is 123. The number of carbonyl (C=O) groups is 2. The zero-order valence-electron chi connectivity index (χ0n) is 67.4. The molecule has 0 spiro atoms. The molecule has 4 aromatic rings. The van der Waals surface area contributed by atoms with E-state index in [4.69, 9.17) is 100 Å². The van der Waals surface area contributed by atoms with Crippen LogP contribution in [0.2, 0.25) is 0 Å². The van der Waals surface area contributed by atoms with Gasteiger partial charge in [0.05, 0.1) is 31.1 Å². The Balaban J connectivity index is -0.000000602. The van der Waals surface area contributed by atoms with E-state index in [1.165, 1.54) is 45.1 Å². The second kappa shape index (κ2) is 59.4. The predicted molar refractivity (Wildman–Crippen MR) is 479 cm³/mol. The first-order valence-corrected chi connectivity index (χ1v) is 56.7. The van der Waals surface area contributed by atoms with Gasteiger partial charge in [-0.05, 0) is 175 Å². The van der Waals surface area contributed by atoms with Crippen LogP contribution in [0.1, 0.15) is 193 Å². The van der Waals surface area contributed by atoms with Crippen LogP contribution in [-0.2, 0) is 101 Å². The van der Waals surface area contributed by atoms with Crippen molar-refractivity contribution in [2.45, 2.75) is 193 Å². The Labute approximate surface area is 758 Å². The monoisotopic (exact) mass is 2390 g/mol. The van der Waals surface area contributed by atoms with Crippen LogP contribution in [0.15, 0.2) is 189 Å². The van der Waals surface area contributed by atoms with Gasteiger partial charge in [0.15, 0.2) is 11.4 Å². The van der Waals surface area contributed by atoms with Gasteiger partial charge in [0.2, 0.25) is 11.4 Å². The molecule has 0 saturated carbocycles. The number of rotatable bonds is 28. The topological polar surface area (TPSA) is 537 Å².